The van der Waals surface area contributed by atoms with Gasteiger partial charge in [-0.2, -0.15) is 10.5 Å². The van der Waals surface area contributed by atoms with E-state index in [1.807, 2.05) is 59.2 Å². The fourth-order valence-electron chi connectivity index (χ4n) is 6.36. The fourth-order valence-corrected chi connectivity index (χ4v) is 6.48. The fraction of sp³-hybridized carbons (Fsp3) is 0.167. The predicted molar refractivity (Wildman–Crippen MR) is 179 cm³/mol. The van der Waals surface area contributed by atoms with E-state index in [9.17, 15) is 20.1 Å². The summed E-state index contributed by atoms with van der Waals surface area (Å²) in [6.45, 7) is 2.87. The second-order valence-corrected chi connectivity index (χ2v) is 11.7. The van der Waals surface area contributed by atoms with Gasteiger partial charge in [-0.1, -0.05) is 11.6 Å². The van der Waals surface area contributed by atoms with Gasteiger partial charge in [-0.15, -0.1) is 0 Å². The Balaban J connectivity index is 0.000000150. The molecule has 47 heavy (non-hydrogen) atoms. The van der Waals surface area contributed by atoms with Gasteiger partial charge in [0.2, 0.25) is 0 Å². The summed E-state index contributed by atoms with van der Waals surface area (Å²) in [7, 11) is 0. The minimum Gasteiger partial charge on any atom is -0.351 e. The van der Waals surface area contributed by atoms with E-state index in [0.29, 0.717) is 40.8 Å². The van der Waals surface area contributed by atoms with Crippen molar-refractivity contribution in [2.75, 3.05) is 13.1 Å². The van der Waals surface area contributed by atoms with E-state index in [1.165, 1.54) is 0 Å². The highest BCUT2D eigenvalue weighted by Gasteiger charge is 2.22. The highest BCUT2D eigenvalue weighted by molar-refractivity contribution is 6.29. The van der Waals surface area contributed by atoms with Crippen molar-refractivity contribution in [2.45, 2.75) is 25.9 Å². The van der Waals surface area contributed by atoms with E-state index >= 15 is 0 Å². The number of carbonyl (C=O) groups is 2. The van der Waals surface area contributed by atoms with Crippen LogP contribution in [0.5, 0.6) is 0 Å². The molecule has 0 atom stereocenters. The van der Waals surface area contributed by atoms with Crippen molar-refractivity contribution < 1.29 is 9.59 Å². The van der Waals surface area contributed by atoms with Gasteiger partial charge < -0.3 is 19.8 Å². The normalized spacial score (nSPS) is 13.9. The van der Waals surface area contributed by atoms with Crippen molar-refractivity contribution in [3.05, 3.63) is 107 Å². The molecule has 2 aromatic carbocycles. The lowest BCUT2D eigenvalue weighted by molar-refractivity contribution is 0.0943. The number of aromatic nitrogens is 4. The van der Waals surface area contributed by atoms with E-state index in [0.717, 1.165) is 70.0 Å². The van der Waals surface area contributed by atoms with Crippen molar-refractivity contribution in [2.24, 2.45) is 0 Å². The molecule has 4 aromatic heterocycles. The molecule has 0 bridgehead atoms. The average molecular weight is 639 g/mol. The molecule has 2 amide bonds. The zero-order valence-electron chi connectivity index (χ0n) is 25.1. The standard InChI is InChI=1S/C18H13ClN4O.C18H14N4O/c19-16-3-2-12(10-22-16)14-7-11(9-20)6-13-8-15-18(24)21-4-1-5-23(15)17(13)14;19-11-12-8-14-10-16-18(23)21-4-1-7-22(16)17(14)15(9-12)13-2-5-20-6-3-13/h2-3,6-8,10H,1,4-5H2,(H,21,24);2-3,5-6,8-10H,1,4,7H2,(H,21,23). The van der Waals surface area contributed by atoms with Crippen LogP contribution >= 0.6 is 11.6 Å². The largest absolute Gasteiger partial charge is 0.351 e. The molecule has 2 aliphatic rings. The molecular weight excluding hydrogens is 612 g/mol. The van der Waals surface area contributed by atoms with Crippen LogP contribution in [0.1, 0.15) is 44.9 Å². The number of fused-ring (bicyclic) bond motifs is 6. The van der Waals surface area contributed by atoms with E-state index in [2.05, 4.69) is 37.3 Å². The molecule has 0 saturated heterocycles. The Morgan fingerprint density at radius 1 is 0.702 bits per heavy atom. The molecule has 2 aliphatic heterocycles. The Labute approximate surface area is 274 Å². The molecule has 6 aromatic rings. The molecule has 0 saturated carbocycles. The van der Waals surface area contributed by atoms with Gasteiger partial charge in [-0.3, -0.25) is 14.6 Å². The monoisotopic (exact) mass is 638 g/mol. The van der Waals surface area contributed by atoms with Crippen LogP contribution in [-0.4, -0.2) is 44.0 Å². The number of halogens is 1. The van der Waals surface area contributed by atoms with Gasteiger partial charge in [0.25, 0.3) is 11.8 Å². The molecule has 8 rings (SSSR count). The molecule has 11 heteroatoms. The topological polar surface area (TPSA) is 141 Å². The van der Waals surface area contributed by atoms with Crippen molar-refractivity contribution in [1.29, 1.82) is 10.5 Å². The maximum Gasteiger partial charge on any atom is 0.267 e. The van der Waals surface area contributed by atoms with Crippen molar-refractivity contribution in [3.63, 3.8) is 0 Å². The summed E-state index contributed by atoms with van der Waals surface area (Å²) in [6.07, 6.45) is 6.91. The van der Waals surface area contributed by atoms with Crippen LogP contribution in [0.4, 0.5) is 0 Å². The third kappa shape index (κ3) is 5.56. The molecule has 2 N–H and O–H groups in total. The number of benzene rings is 2. The van der Waals surface area contributed by atoms with Crippen LogP contribution in [0, 0.1) is 22.7 Å². The molecule has 0 radical (unpaired) electrons. The van der Waals surface area contributed by atoms with Crippen LogP contribution in [0.3, 0.4) is 0 Å². The zero-order chi connectivity index (χ0) is 32.5. The van der Waals surface area contributed by atoms with E-state index in [-0.39, 0.29) is 11.8 Å². The van der Waals surface area contributed by atoms with Crippen LogP contribution in [0.2, 0.25) is 5.15 Å². The summed E-state index contributed by atoms with van der Waals surface area (Å²) in [6, 6.07) is 22.9. The van der Waals surface area contributed by atoms with Crippen molar-refractivity contribution in [1.82, 2.24) is 29.7 Å². The Kier molecular flexibility index (Phi) is 7.86. The summed E-state index contributed by atoms with van der Waals surface area (Å²) in [4.78, 5) is 32.8. The van der Waals surface area contributed by atoms with Gasteiger partial charge in [0.15, 0.2) is 0 Å². The average Bonchev–Trinajstić information content (AvgIpc) is 3.54. The minimum atomic E-state index is -0.0811. The van der Waals surface area contributed by atoms with Crippen LogP contribution in [0.15, 0.2) is 79.3 Å². The molecule has 0 aliphatic carbocycles. The van der Waals surface area contributed by atoms with E-state index in [4.69, 9.17) is 11.6 Å². The second kappa shape index (κ2) is 12.4. The molecule has 0 unspecified atom stereocenters. The molecule has 0 fully saturated rings. The number of carbonyl (C=O) groups excluding carboxylic acids is 2. The highest BCUT2D eigenvalue weighted by Crippen LogP contribution is 2.35. The van der Waals surface area contributed by atoms with Gasteiger partial charge in [-0.05, 0) is 79.1 Å². The Bertz CT molecular complexity index is 2270. The summed E-state index contributed by atoms with van der Waals surface area (Å²) in [5.41, 5.74) is 8.08. The SMILES string of the molecule is N#Cc1cc(-c2ccc(Cl)nc2)c2c(c1)cc1n2CCCNC1=O.N#Cc1cc(-c2ccncc2)c2c(c1)cc1n2CCCNC1=O. The highest BCUT2D eigenvalue weighted by atomic mass is 35.5. The van der Waals surface area contributed by atoms with E-state index < -0.39 is 0 Å². The van der Waals surface area contributed by atoms with Gasteiger partial charge >= 0.3 is 0 Å². The third-order valence-electron chi connectivity index (χ3n) is 8.43. The number of nitrogens with one attached hydrogen (secondary N) is 2. The summed E-state index contributed by atoms with van der Waals surface area (Å²) < 4.78 is 4.09. The van der Waals surface area contributed by atoms with Gasteiger partial charge in [0, 0.05) is 72.2 Å². The minimum absolute atomic E-state index is 0.0575. The number of hydrogen-bond donors (Lipinski definition) is 2. The maximum atomic E-state index is 12.3. The number of nitriles is 2. The Morgan fingerprint density at radius 2 is 1.23 bits per heavy atom. The first kappa shape index (κ1) is 29.7. The second-order valence-electron chi connectivity index (χ2n) is 11.3. The van der Waals surface area contributed by atoms with Gasteiger partial charge in [0.1, 0.15) is 16.5 Å². The number of hydrogen-bond acceptors (Lipinski definition) is 6. The molecule has 6 heterocycles. The Morgan fingerprint density at radius 3 is 1.72 bits per heavy atom. The summed E-state index contributed by atoms with van der Waals surface area (Å²) >= 11 is 5.89. The van der Waals surface area contributed by atoms with Crippen LogP contribution < -0.4 is 10.6 Å². The number of rotatable bonds is 2. The number of aryl methyl sites for hydroxylation is 2. The number of pyridine rings is 2. The lowest BCUT2D eigenvalue weighted by Gasteiger charge is -2.11. The molecule has 0 spiro atoms. The first-order chi connectivity index (χ1) is 22.9. The van der Waals surface area contributed by atoms with Crippen LogP contribution in [-0.2, 0) is 13.1 Å². The maximum absolute atomic E-state index is 12.3. The van der Waals surface area contributed by atoms with E-state index in [1.54, 1.807) is 24.7 Å². The lowest BCUT2D eigenvalue weighted by atomic mass is 10.0. The summed E-state index contributed by atoms with van der Waals surface area (Å²) in [5, 5.41) is 26.7. The third-order valence-corrected chi connectivity index (χ3v) is 8.65. The number of amides is 2. The predicted octanol–water partition coefficient (Wildman–Crippen LogP) is 6.07. The molecule has 230 valence electrons. The first-order valence-corrected chi connectivity index (χ1v) is 15.6. The molecule has 10 nitrogen and oxygen atoms in total. The first-order valence-electron chi connectivity index (χ1n) is 15.2. The quantitative estimate of drug-likeness (QED) is 0.221. The van der Waals surface area contributed by atoms with Crippen molar-refractivity contribution in [3.8, 4) is 34.4 Å². The molecular formula is C36H27ClN8O2. The van der Waals surface area contributed by atoms with Crippen molar-refractivity contribution >= 4 is 45.2 Å². The van der Waals surface area contributed by atoms with Gasteiger partial charge in [0.05, 0.1) is 34.3 Å². The zero-order valence-corrected chi connectivity index (χ0v) is 25.9. The van der Waals surface area contributed by atoms with Crippen LogP contribution in [0.25, 0.3) is 44.1 Å². The summed E-state index contributed by atoms with van der Waals surface area (Å²) in [5.74, 6) is -0.139. The number of nitrogens with zero attached hydrogens (tertiary/aromatic N) is 6. The lowest BCUT2D eigenvalue weighted by Crippen LogP contribution is -2.22. The van der Waals surface area contributed by atoms with Gasteiger partial charge in [-0.25, -0.2) is 4.98 Å². The smallest absolute Gasteiger partial charge is 0.267 e. The Hall–Kier alpha value is -5.97.